The molecule has 0 bridgehead atoms. The Morgan fingerprint density at radius 3 is 2.67 bits per heavy atom. The van der Waals surface area contributed by atoms with Gasteiger partial charge in [-0.05, 0) is 17.9 Å². The zero-order valence-electron chi connectivity index (χ0n) is 10.4. The summed E-state index contributed by atoms with van der Waals surface area (Å²) in [4.78, 5) is 11.2. The third-order valence-electron chi connectivity index (χ3n) is 2.99. The van der Waals surface area contributed by atoms with Crippen LogP contribution in [0.15, 0.2) is 42.5 Å². The number of carbonyl (C=O) groups is 1. The first-order valence-corrected chi connectivity index (χ1v) is 6.19. The molecule has 0 heterocycles. The van der Waals surface area contributed by atoms with Crippen molar-refractivity contribution in [2.75, 3.05) is 5.32 Å². The highest BCUT2D eigenvalue weighted by molar-refractivity contribution is 5.95. The first-order valence-electron chi connectivity index (χ1n) is 6.19. The summed E-state index contributed by atoms with van der Waals surface area (Å²) in [7, 11) is 0. The van der Waals surface area contributed by atoms with Gasteiger partial charge in [0, 0.05) is 11.1 Å². The van der Waals surface area contributed by atoms with Crippen LogP contribution in [0.25, 0.3) is 10.8 Å². The van der Waals surface area contributed by atoms with E-state index < -0.39 is 12.0 Å². The van der Waals surface area contributed by atoms with Gasteiger partial charge in [0.1, 0.15) is 6.04 Å². The molecule has 3 nitrogen and oxygen atoms in total. The lowest BCUT2D eigenvalue weighted by Crippen LogP contribution is -2.28. The summed E-state index contributed by atoms with van der Waals surface area (Å²) in [5, 5.41) is 14.5. The molecule has 2 aromatic rings. The van der Waals surface area contributed by atoms with Crippen molar-refractivity contribution in [3.05, 3.63) is 42.5 Å². The maximum atomic E-state index is 11.2. The molecule has 0 aromatic heterocycles. The van der Waals surface area contributed by atoms with Crippen LogP contribution in [-0.4, -0.2) is 17.1 Å². The minimum Gasteiger partial charge on any atom is -0.480 e. The molecular formula is C15H17NO2. The van der Waals surface area contributed by atoms with Crippen molar-refractivity contribution >= 4 is 22.4 Å². The first kappa shape index (κ1) is 12.4. The topological polar surface area (TPSA) is 49.3 Å². The van der Waals surface area contributed by atoms with Crippen molar-refractivity contribution in [1.82, 2.24) is 0 Å². The molecule has 0 amide bonds. The van der Waals surface area contributed by atoms with Crippen molar-refractivity contribution in [2.45, 2.75) is 25.8 Å². The lowest BCUT2D eigenvalue weighted by atomic mass is 10.1. The van der Waals surface area contributed by atoms with Crippen LogP contribution in [0.3, 0.4) is 0 Å². The monoisotopic (exact) mass is 243 g/mol. The summed E-state index contributed by atoms with van der Waals surface area (Å²) in [6, 6.07) is 13.3. The Morgan fingerprint density at radius 1 is 1.22 bits per heavy atom. The van der Waals surface area contributed by atoms with Gasteiger partial charge in [-0.25, -0.2) is 4.79 Å². The van der Waals surface area contributed by atoms with Gasteiger partial charge in [-0.1, -0.05) is 49.7 Å². The van der Waals surface area contributed by atoms with Crippen LogP contribution in [0.2, 0.25) is 0 Å². The van der Waals surface area contributed by atoms with Gasteiger partial charge in [0.15, 0.2) is 0 Å². The largest absolute Gasteiger partial charge is 0.480 e. The Kier molecular flexibility index (Phi) is 3.82. The Morgan fingerprint density at radius 2 is 1.94 bits per heavy atom. The molecule has 0 saturated carbocycles. The van der Waals surface area contributed by atoms with E-state index in [2.05, 4.69) is 5.32 Å². The maximum absolute atomic E-state index is 11.2. The second-order valence-corrected chi connectivity index (χ2v) is 4.35. The Balaban J connectivity index is 2.33. The zero-order valence-corrected chi connectivity index (χ0v) is 10.4. The second-order valence-electron chi connectivity index (χ2n) is 4.35. The third kappa shape index (κ3) is 2.62. The highest BCUT2D eigenvalue weighted by Gasteiger charge is 2.16. The number of hydrogen-bond acceptors (Lipinski definition) is 2. The van der Waals surface area contributed by atoms with Gasteiger partial charge in [0.2, 0.25) is 0 Å². The Labute approximate surface area is 106 Å². The molecule has 1 atom stereocenters. The molecular weight excluding hydrogens is 226 g/mol. The smallest absolute Gasteiger partial charge is 0.326 e. The van der Waals surface area contributed by atoms with E-state index in [0.29, 0.717) is 6.42 Å². The molecule has 2 rings (SSSR count). The lowest BCUT2D eigenvalue weighted by Gasteiger charge is -2.16. The normalized spacial score (nSPS) is 12.3. The van der Waals surface area contributed by atoms with Crippen LogP contribution in [-0.2, 0) is 4.79 Å². The number of benzene rings is 2. The van der Waals surface area contributed by atoms with Crippen molar-refractivity contribution in [3.8, 4) is 0 Å². The molecule has 0 aliphatic carbocycles. The number of nitrogens with one attached hydrogen (secondary N) is 1. The van der Waals surface area contributed by atoms with Gasteiger partial charge in [0.05, 0.1) is 0 Å². The minimum absolute atomic E-state index is 0.527. The molecule has 0 aliphatic rings. The van der Waals surface area contributed by atoms with E-state index in [0.717, 1.165) is 22.9 Å². The molecule has 2 N–H and O–H groups in total. The van der Waals surface area contributed by atoms with Gasteiger partial charge in [-0.15, -0.1) is 0 Å². The number of aliphatic carboxylic acids is 1. The molecule has 0 radical (unpaired) electrons. The predicted octanol–water partition coefficient (Wildman–Crippen LogP) is 3.51. The fourth-order valence-corrected chi connectivity index (χ4v) is 2.09. The number of fused-ring (bicyclic) bond motifs is 1. The molecule has 0 fully saturated rings. The van der Waals surface area contributed by atoms with Crippen LogP contribution in [0.4, 0.5) is 5.69 Å². The summed E-state index contributed by atoms with van der Waals surface area (Å²) >= 11 is 0. The highest BCUT2D eigenvalue weighted by atomic mass is 16.4. The number of carboxylic acids is 1. The quantitative estimate of drug-likeness (QED) is 0.845. The molecule has 0 spiro atoms. The van der Waals surface area contributed by atoms with Gasteiger partial charge >= 0.3 is 5.97 Å². The standard InChI is InChI=1S/C15H17NO2/c1-2-6-14(15(17)18)16-13-10-5-8-11-7-3-4-9-12(11)13/h3-5,7-10,14,16H,2,6H2,1H3,(H,17,18)/t14-/m0/s1. The second kappa shape index (κ2) is 5.54. The summed E-state index contributed by atoms with van der Waals surface area (Å²) < 4.78 is 0. The van der Waals surface area contributed by atoms with E-state index in [1.807, 2.05) is 49.4 Å². The molecule has 0 unspecified atom stereocenters. The van der Waals surface area contributed by atoms with E-state index >= 15 is 0 Å². The summed E-state index contributed by atoms with van der Waals surface area (Å²) in [6.45, 7) is 1.99. The molecule has 94 valence electrons. The molecule has 0 saturated heterocycles. The summed E-state index contributed by atoms with van der Waals surface area (Å²) in [5.41, 5.74) is 0.883. The van der Waals surface area contributed by atoms with Crippen molar-refractivity contribution < 1.29 is 9.90 Å². The fraction of sp³-hybridized carbons (Fsp3) is 0.267. The van der Waals surface area contributed by atoms with Gasteiger partial charge in [0.25, 0.3) is 0 Å². The van der Waals surface area contributed by atoms with Crippen LogP contribution in [0, 0.1) is 0 Å². The average Bonchev–Trinajstić information content (AvgIpc) is 2.38. The van der Waals surface area contributed by atoms with E-state index in [1.54, 1.807) is 0 Å². The van der Waals surface area contributed by atoms with Crippen molar-refractivity contribution in [2.24, 2.45) is 0 Å². The van der Waals surface area contributed by atoms with Gasteiger partial charge in [-0.2, -0.15) is 0 Å². The Bertz CT molecular complexity index is 546. The fourth-order valence-electron chi connectivity index (χ4n) is 2.09. The number of rotatable bonds is 5. The summed E-state index contributed by atoms with van der Waals surface area (Å²) in [5.74, 6) is -0.801. The van der Waals surface area contributed by atoms with E-state index in [1.165, 1.54) is 0 Å². The van der Waals surface area contributed by atoms with Crippen LogP contribution >= 0.6 is 0 Å². The maximum Gasteiger partial charge on any atom is 0.326 e. The van der Waals surface area contributed by atoms with Crippen molar-refractivity contribution in [3.63, 3.8) is 0 Å². The van der Waals surface area contributed by atoms with Crippen LogP contribution < -0.4 is 5.32 Å². The molecule has 18 heavy (non-hydrogen) atoms. The van der Waals surface area contributed by atoms with Gasteiger partial charge < -0.3 is 10.4 Å². The van der Waals surface area contributed by atoms with E-state index in [-0.39, 0.29) is 0 Å². The summed E-state index contributed by atoms with van der Waals surface area (Å²) in [6.07, 6.45) is 1.47. The van der Waals surface area contributed by atoms with Crippen molar-refractivity contribution in [1.29, 1.82) is 0 Å². The molecule has 3 heteroatoms. The number of carboxylic acid groups (broad SMARTS) is 1. The van der Waals surface area contributed by atoms with Crippen LogP contribution in [0.1, 0.15) is 19.8 Å². The average molecular weight is 243 g/mol. The molecule has 2 aromatic carbocycles. The lowest BCUT2D eigenvalue weighted by molar-refractivity contribution is -0.138. The highest BCUT2D eigenvalue weighted by Crippen LogP contribution is 2.24. The third-order valence-corrected chi connectivity index (χ3v) is 2.99. The minimum atomic E-state index is -0.801. The first-order chi connectivity index (χ1) is 8.72. The molecule has 0 aliphatic heterocycles. The SMILES string of the molecule is CCC[C@H](Nc1cccc2ccccc12)C(=O)O. The predicted molar refractivity (Wildman–Crippen MR) is 73.9 cm³/mol. The van der Waals surface area contributed by atoms with E-state index in [9.17, 15) is 9.90 Å². The number of hydrogen-bond donors (Lipinski definition) is 2. The zero-order chi connectivity index (χ0) is 13.0. The Hall–Kier alpha value is -2.03. The number of anilines is 1. The van der Waals surface area contributed by atoms with E-state index in [4.69, 9.17) is 0 Å². The van der Waals surface area contributed by atoms with Crippen LogP contribution in [0.5, 0.6) is 0 Å². The van der Waals surface area contributed by atoms with Gasteiger partial charge in [-0.3, -0.25) is 0 Å².